The Morgan fingerprint density at radius 3 is 2.61 bits per heavy atom. The van der Waals surface area contributed by atoms with Crippen LogP contribution in [0.15, 0.2) is 65.6 Å². The van der Waals surface area contributed by atoms with Gasteiger partial charge in [-0.05, 0) is 50.2 Å². The summed E-state index contributed by atoms with van der Waals surface area (Å²) in [7, 11) is 0. The highest BCUT2D eigenvalue weighted by atomic mass is 19.1. The van der Waals surface area contributed by atoms with Gasteiger partial charge >= 0.3 is 0 Å². The third kappa shape index (κ3) is 3.78. The number of aromatic nitrogens is 6. The van der Waals surface area contributed by atoms with Crippen molar-refractivity contribution in [1.82, 2.24) is 29.5 Å². The second-order valence-electron chi connectivity index (χ2n) is 7.57. The highest BCUT2D eigenvalue weighted by Gasteiger charge is 2.17. The molecule has 0 radical (unpaired) electrons. The number of benzene rings is 2. The maximum Gasteiger partial charge on any atom is 0.263 e. The van der Waals surface area contributed by atoms with E-state index >= 15 is 0 Å². The van der Waals surface area contributed by atoms with Crippen LogP contribution in [-0.2, 0) is 0 Å². The molecule has 0 spiro atoms. The van der Waals surface area contributed by atoms with E-state index < -0.39 is 5.56 Å². The average Bonchev–Trinajstić information content (AvgIpc) is 3.38. The molecule has 0 saturated heterocycles. The third-order valence-electron chi connectivity index (χ3n) is 5.05. The summed E-state index contributed by atoms with van der Waals surface area (Å²) in [6.07, 6.45) is 1.39. The van der Waals surface area contributed by atoms with Crippen LogP contribution in [0.25, 0.3) is 22.7 Å². The molecule has 1 amide bonds. The molecule has 0 saturated carbocycles. The van der Waals surface area contributed by atoms with Gasteiger partial charge in [0.1, 0.15) is 17.0 Å². The Morgan fingerprint density at radius 1 is 1.06 bits per heavy atom. The molecule has 2 aromatic carbocycles. The molecule has 2 N–H and O–H groups in total. The second-order valence-corrected chi connectivity index (χ2v) is 7.57. The zero-order chi connectivity index (χ0) is 23.1. The third-order valence-corrected chi connectivity index (χ3v) is 5.05. The molecule has 0 unspecified atom stereocenters. The van der Waals surface area contributed by atoms with Crippen molar-refractivity contribution in [3.8, 4) is 11.6 Å². The van der Waals surface area contributed by atoms with Crippen molar-refractivity contribution < 1.29 is 9.18 Å². The number of hydrogen-bond donors (Lipinski definition) is 2. The number of H-pyrrole nitrogens is 1. The van der Waals surface area contributed by atoms with E-state index in [1.165, 1.54) is 39.8 Å². The lowest BCUT2D eigenvalue weighted by Crippen LogP contribution is -2.19. The largest absolute Gasteiger partial charge is 0.306 e. The predicted octanol–water partition coefficient (Wildman–Crippen LogP) is 3.30. The van der Waals surface area contributed by atoms with E-state index in [2.05, 4.69) is 25.5 Å². The van der Waals surface area contributed by atoms with Gasteiger partial charge in [0, 0.05) is 11.6 Å². The van der Waals surface area contributed by atoms with Crippen LogP contribution in [0.2, 0.25) is 0 Å². The Bertz CT molecular complexity index is 1560. The molecule has 0 aliphatic rings. The van der Waals surface area contributed by atoms with Crippen molar-refractivity contribution in [3.63, 3.8) is 0 Å². The van der Waals surface area contributed by atoms with Crippen LogP contribution in [0.1, 0.15) is 21.6 Å². The van der Waals surface area contributed by atoms with Crippen LogP contribution >= 0.6 is 0 Å². The smallest absolute Gasteiger partial charge is 0.263 e. The molecule has 0 atom stereocenters. The number of halogens is 1. The molecular weight excluding hydrogens is 425 g/mol. The van der Waals surface area contributed by atoms with Crippen LogP contribution in [0.4, 0.5) is 10.2 Å². The van der Waals surface area contributed by atoms with E-state index in [1.54, 1.807) is 31.2 Å². The lowest BCUT2D eigenvalue weighted by atomic mass is 10.1. The maximum absolute atomic E-state index is 13.3. The number of rotatable bonds is 4. The molecule has 3 aromatic heterocycles. The Kier molecular flexibility index (Phi) is 4.82. The zero-order valence-corrected chi connectivity index (χ0v) is 17.7. The van der Waals surface area contributed by atoms with Crippen LogP contribution in [0.3, 0.4) is 0 Å². The summed E-state index contributed by atoms with van der Waals surface area (Å²) in [5.74, 6) is -0.263. The summed E-state index contributed by atoms with van der Waals surface area (Å²) in [6.45, 7) is 3.66. The number of aromatic amines is 1. The van der Waals surface area contributed by atoms with Crippen LogP contribution < -0.4 is 10.9 Å². The van der Waals surface area contributed by atoms with Crippen LogP contribution in [0.5, 0.6) is 0 Å². The van der Waals surface area contributed by atoms with Gasteiger partial charge in [-0.2, -0.15) is 19.9 Å². The number of hydrogen-bond acceptors (Lipinski definition) is 5. The van der Waals surface area contributed by atoms with Gasteiger partial charge in [-0.1, -0.05) is 17.7 Å². The molecule has 0 aliphatic heterocycles. The Hall–Kier alpha value is -4.60. The number of carbonyl (C=O) groups excluding carboxylic acids is 1. The monoisotopic (exact) mass is 443 g/mol. The summed E-state index contributed by atoms with van der Waals surface area (Å²) in [6, 6.07) is 14.5. The minimum absolute atomic E-state index is 0.101. The molecule has 0 fully saturated rings. The average molecular weight is 443 g/mol. The van der Waals surface area contributed by atoms with Crippen LogP contribution in [-0.4, -0.2) is 35.4 Å². The minimum Gasteiger partial charge on any atom is -0.306 e. The fourth-order valence-electron chi connectivity index (χ4n) is 3.50. The highest BCUT2D eigenvalue weighted by Crippen LogP contribution is 2.19. The molecule has 5 rings (SSSR count). The molecular formula is C23H18FN7O2. The normalized spacial score (nSPS) is 11.1. The predicted molar refractivity (Wildman–Crippen MR) is 120 cm³/mol. The van der Waals surface area contributed by atoms with Crippen molar-refractivity contribution in [2.75, 3.05) is 5.32 Å². The Balaban J connectivity index is 1.58. The number of aryl methyl sites for hydroxylation is 2. The summed E-state index contributed by atoms with van der Waals surface area (Å²) in [5.41, 5.74) is 2.45. The fraction of sp³-hybridized carbons (Fsp3) is 0.0870. The number of nitrogens with one attached hydrogen (secondary N) is 2. The van der Waals surface area contributed by atoms with Gasteiger partial charge in [-0.3, -0.25) is 14.6 Å². The molecule has 0 aliphatic carbocycles. The van der Waals surface area contributed by atoms with E-state index in [1.807, 2.05) is 13.0 Å². The SMILES string of the molecule is Cc1cccc(C(=O)Nc2cc(C)nn2-c2nc3c(cnn3-c3ccc(F)cc3)c(=O)[nH]2)c1. The van der Waals surface area contributed by atoms with E-state index in [9.17, 15) is 14.0 Å². The van der Waals surface area contributed by atoms with E-state index in [0.717, 1.165) is 5.56 Å². The molecule has 33 heavy (non-hydrogen) atoms. The van der Waals surface area contributed by atoms with Crippen molar-refractivity contribution in [2.24, 2.45) is 0 Å². The zero-order valence-electron chi connectivity index (χ0n) is 17.7. The Morgan fingerprint density at radius 2 is 1.85 bits per heavy atom. The summed E-state index contributed by atoms with van der Waals surface area (Å²) >= 11 is 0. The first-order valence-electron chi connectivity index (χ1n) is 10.1. The van der Waals surface area contributed by atoms with Gasteiger partial charge in [-0.25, -0.2) is 9.07 Å². The first kappa shape index (κ1) is 20.3. The molecule has 5 aromatic rings. The number of nitrogens with zero attached hydrogens (tertiary/aromatic N) is 5. The standard InChI is InChI=1S/C23H18FN7O2/c1-13-4-3-5-15(10-13)21(32)26-19-11-14(2)29-31(19)23-27-20-18(22(33)28-23)12-25-30(20)17-8-6-16(24)7-9-17/h3-12H,1-2H3,(H,26,32)(H,27,28,33). The summed E-state index contributed by atoms with van der Waals surface area (Å²) < 4.78 is 16.1. The molecule has 0 bridgehead atoms. The summed E-state index contributed by atoms with van der Waals surface area (Å²) in [5, 5.41) is 11.7. The lowest BCUT2D eigenvalue weighted by Gasteiger charge is -2.09. The first-order chi connectivity index (χ1) is 15.9. The van der Waals surface area contributed by atoms with Crippen LogP contribution in [0, 0.1) is 19.7 Å². The van der Waals surface area contributed by atoms with Gasteiger partial charge in [0.2, 0.25) is 5.95 Å². The topological polar surface area (TPSA) is 110 Å². The number of anilines is 1. The fourth-order valence-corrected chi connectivity index (χ4v) is 3.50. The van der Waals surface area contributed by atoms with Crippen molar-refractivity contribution in [3.05, 3.63) is 93.8 Å². The Labute approximate surface area is 186 Å². The first-order valence-corrected chi connectivity index (χ1v) is 10.1. The lowest BCUT2D eigenvalue weighted by molar-refractivity contribution is 0.102. The quantitative estimate of drug-likeness (QED) is 0.443. The minimum atomic E-state index is -0.424. The van der Waals surface area contributed by atoms with Crippen molar-refractivity contribution >= 4 is 22.8 Å². The maximum atomic E-state index is 13.3. The van der Waals surface area contributed by atoms with Crippen molar-refractivity contribution in [1.29, 1.82) is 0 Å². The van der Waals surface area contributed by atoms with Gasteiger partial charge in [0.25, 0.3) is 11.5 Å². The number of fused-ring (bicyclic) bond motifs is 1. The highest BCUT2D eigenvalue weighted by molar-refractivity contribution is 6.04. The van der Waals surface area contributed by atoms with Gasteiger partial charge in [0.15, 0.2) is 5.65 Å². The number of carbonyl (C=O) groups is 1. The molecule has 164 valence electrons. The van der Waals surface area contributed by atoms with Gasteiger partial charge < -0.3 is 5.32 Å². The second kappa shape index (κ2) is 7.83. The van der Waals surface area contributed by atoms with Gasteiger partial charge in [0.05, 0.1) is 17.6 Å². The molecule has 10 heteroatoms. The van der Waals surface area contributed by atoms with Crippen molar-refractivity contribution in [2.45, 2.75) is 13.8 Å². The van der Waals surface area contributed by atoms with E-state index in [-0.39, 0.29) is 28.7 Å². The summed E-state index contributed by atoms with van der Waals surface area (Å²) in [4.78, 5) is 32.7. The van der Waals surface area contributed by atoms with Gasteiger partial charge in [-0.15, -0.1) is 0 Å². The molecule has 3 heterocycles. The number of amides is 1. The van der Waals surface area contributed by atoms with E-state index in [0.29, 0.717) is 22.8 Å². The molecule has 9 nitrogen and oxygen atoms in total. The van der Waals surface area contributed by atoms with E-state index in [4.69, 9.17) is 0 Å².